The Morgan fingerprint density at radius 2 is 1.48 bits per heavy atom. The number of hydrogen-bond donors (Lipinski definition) is 7. The SMILES string of the molecule is NC(=O)CC(N)C(=O)NC(CS)C(=O)NC(CC(=O)O)C(=O)O. The van der Waals surface area contributed by atoms with Crippen LogP contribution in [0.5, 0.6) is 0 Å². The Morgan fingerprint density at radius 1 is 0.957 bits per heavy atom. The van der Waals surface area contributed by atoms with Crippen molar-refractivity contribution < 1.29 is 34.2 Å². The Kier molecular flexibility index (Phi) is 8.65. The zero-order valence-electron chi connectivity index (χ0n) is 11.9. The van der Waals surface area contributed by atoms with E-state index in [1.54, 1.807) is 0 Å². The van der Waals surface area contributed by atoms with Crippen LogP contribution < -0.4 is 22.1 Å². The van der Waals surface area contributed by atoms with E-state index < -0.39 is 60.6 Å². The minimum atomic E-state index is -1.67. The van der Waals surface area contributed by atoms with Gasteiger partial charge in [0.15, 0.2) is 0 Å². The van der Waals surface area contributed by atoms with Crippen molar-refractivity contribution >= 4 is 42.3 Å². The number of amides is 3. The maximum absolute atomic E-state index is 11.9. The summed E-state index contributed by atoms with van der Waals surface area (Å²) in [6.07, 6.45) is -1.28. The van der Waals surface area contributed by atoms with Gasteiger partial charge in [-0.2, -0.15) is 12.6 Å². The first-order valence-corrected chi connectivity index (χ1v) is 6.91. The number of carboxylic acid groups (broad SMARTS) is 2. The van der Waals surface area contributed by atoms with Crippen molar-refractivity contribution in [3.05, 3.63) is 0 Å². The normalized spacial score (nSPS) is 14.2. The quantitative estimate of drug-likeness (QED) is 0.198. The molecule has 0 fully saturated rings. The lowest BCUT2D eigenvalue weighted by molar-refractivity contribution is -0.147. The maximum atomic E-state index is 11.9. The lowest BCUT2D eigenvalue weighted by atomic mass is 10.1. The number of nitrogens with two attached hydrogens (primary N) is 2. The summed E-state index contributed by atoms with van der Waals surface area (Å²) in [5, 5.41) is 21.6. The molecule has 0 rings (SSSR count). The van der Waals surface area contributed by atoms with Gasteiger partial charge in [0.1, 0.15) is 12.1 Å². The number of carbonyl (C=O) groups is 5. The molecule has 3 amide bonds. The molecule has 0 saturated heterocycles. The molecule has 3 atom stereocenters. The van der Waals surface area contributed by atoms with E-state index in [0.717, 1.165) is 0 Å². The number of primary amides is 1. The van der Waals surface area contributed by atoms with Crippen LogP contribution in [0.15, 0.2) is 0 Å². The number of carboxylic acids is 2. The highest BCUT2D eigenvalue weighted by Gasteiger charge is 2.28. The van der Waals surface area contributed by atoms with Crippen molar-refractivity contribution in [1.82, 2.24) is 10.6 Å². The van der Waals surface area contributed by atoms with Gasteiger partial charge in [-0.15, -0.1) is 0 Å². The smallest absolute Gasteiger partial charge is 0.326 e. The number of nitrogens with one attached hydrogen (secondary N) is 2. The van der Waals surface area contributed by atoms with Crippen LogP contribution in [0.4, 0.5) is 0 Å². The van der Waals surface area contributed by atoms with Crippen molar-refractivity contribution in [2.24, 2.45) is 11.5 Å². The van der Waals surface area contributed by atoms with Crippen molar-refractivity contribution in [1.29, 1.82) is 0 Å². The van der Waals surface area contributed by atoms with Crippen LogP contribution >= 0.6 is 12.6 Å². The standard InChI is InChI=1S/C11H18N4O7S/c12-4(1-7(13)16)9(19)15-6(3-23)10(20)14-5(11(21)22)2-8(17)18/h4-6,23H,1-3,12H2,(H2,13,16)(H,14,20)(H,15,19)(H,17,18)(H,21,22). The van der Waals surface area contributed by atoms with Crippen LogP contribution in [-0.4, -0.2) is 63.8 Å². The summed E-state index contributed by atoms with van der Waals surface area (Å²) in [7, 11) is 0. The number of thiol groups is 1. The van der Waals surface area contributed by atoms with Crippen LogP contribution in [-0.2, 0) is 24.0 Å². The van der Waals surface area contributed by atoms with Crippen LogP contribution in [0.3, 0.4) is 0 Å². The molecule has 8 N–H and O–H groups in total. The second-order valence-corrected chi connectivity index (χ2v) is 4.88. The molecule has 0 aliphatic rings. The second kappa shape index (κ2) is 9.63. The molecule has 130 valence electrons. The van der Waals surface area contributed by atoms with E-state index >= 15 is 0 Å². The first kappa shape index (κ1) is 20.7. The van der Waals surface area contributed by atoms with Gasteiger partial charge < -0.3 is 32.3 Å². The fraction of sp³-hybridized carbons (Fsp3) is 0.545. The molecule has 12 heteroatoms. The molecular formula is C11H18N4O7S. The summed E-state index contributed by atoms with van der Waals surface area (Å²) in [5.41, 5.74) is 10.3. The first-order valence-electron chi connectivity index (χ1n) is 6.28. The molecule has 0 radical (unpaired) electrons. The average Bonchev–Trinajstić information content (AvgIpc) is 2.41. The summed E-state index contributed by atoms with van der Waals surface area (Å²) in [6.45, 7) is 0. The molecular weight excluding hydrogens is 332 g/mol. The minimum Gasteiger partial charge on any atom is -0.481 e. The Balaban J connectivity index is 4.78. The molecule has 0 aliphatic heterocycles. The highest BCUT2D eigenvalue weighted by Crippen LogP contribution is 1.98. The maximum Gasteiger partial charge on any atom is 0.326 e. The van der Waals surface area contributed by atoms with Crippen LogP contribution in [0, 0.1) is 0 Å². The largest absolute Gasteiger partial charge is 0.481 e. The predicted octanol–water partition coefficient (Wildman–Crippen LogP) is -3.35. The molecule has 23 heavy (non-hydrogen) atoms. The topological polar surface area (TPSA) is 202 Å². The zero-order chi connectivity index (χ0) is 18.2. The number of hydrogen-bond acceptors (Lipinski definition) is 7. The number of rotatable bonds is 10. The molecule has 0 bridgehead atoms. The number of carbonyl (C=O) groups excluding carboxylic acids is 3. The fourth-order valence-electron chi connectivity index (χ4n) is 1.43. The summed E-state index contributed by atoms with van der Waals surface area (Å²) in [4.78, 5) is 55.7. The molecule has 3 unspecified atom stereocenters. The van der Waals surface area contributed by atoms with Gasteiger partial charge in [0.05, 0.1) is 18.9 Å². The highest BCUT2D eigenvalue weighted by molar-refractivity contribution is 7.80. The van der Waals surface area contributed by atoms with Crippen molar-refractivity contribution in [3.63, 3.8) is 0 Å². The highest BCUT2D eigenvalue weighted by atomic mass is 32.1. The van der Waals surface area contributed by atoms with Gasteiger partial charge in [0.25, 0.3) is 0 Å². The van der Waals surface area contributed by atoms with E-state index in [1.807, 2.05) is 5.32 Å². The van der Waals surface area contributed by atoms with E-state index in [4.69, 9.17) is 21.7 Å². The molecule has 0 aromatic carbocycles. The molecule has 0 saturated carbocycles. The lowest BCUT2D eigenvalue weighted by Gasteiger charge is -2.20. The zero-order valence-corrected chi connectivity index (χ0v) is 12.8. The third-order valence-corrected chi connectivity index (χ3v) is 2.93. The van der Waals surface area contributed by atoms with Gasteiger partial charge in [-0.25, -0.2) is 4.79 Å². The predicted molar refractivity (Wildman–Crippen MR) is 79.4 cm³/mol. The van der Waals surface area contributed by atoms with E-state index in [-0.39, 0.29) is 5.75 Å². The van der Waals surface area contributed by atoms with Crippen molar-refractivity contribution in [2.45, 2.75) is 31.0 Å². The van der Waals surface area contributed by atoms with Gasteiger partial charge in [0.2, 0.25) is 17.7 Å². The van der Waals surface area contributed by atoms with E-state index in [9.17, 15) is 24.0 Å². The summed E-state index contributed by atoms with van der Waals surface area (Å²) >= 11 is 3.84. The monoisotopic (exact) mass is 350 g/mol. The van der Waals surface area contributed by atoms with Gasteiger partial charge in [0, 0.05) is 5.75 Å². The molecule has 0 aromatic rings. The summed E-state index contributed by atoms with van der Waals surface area (Å²) in [6, 6.07) is -4.21. The van der Waals surface area contributed by atoms with E-state index in [1.165, 1.54) is 0 Å². The van der Waals surface area contributed by atoms with Crippen LogP contribution in [0.1, 0.15) is 12.8 Å². The number of aliphatic carboxylic acids is 2. The fourth-order valence-corrected chi connectivity index (χ4v) is 1.69. The molecule has 11 nitrogen and oxygen atoms in total. The second-order valence-electron chi connectivity index (χ2n) is 4.52. The van der Waals surface area contributed by atoms with Crippen molar-refractivity contribution in [2.75, 3.05) is 5.75 Å². The Bertz CT molecular complexity index is 499. The van der Waals surface area contributed by atoms with Gasteiger partial charge in [-0.3, -0.25) is 19.2 Å². The van der Waals surface area contributed by atoms with E-state index in [0.29, 0.717) is 0 Å². The molecule has 0 aliphatic carbocycles. The van der Waals surface area contributed by atoms with Gasteiger partial charge in [-0.1, -0.05) is 0 Å². The third-order valence-electron chi connectivity index (χ3n) is 2.57. The van der Waals surface area contributed by atoms with Crippen molar-refractivity contribution in [3.8, 4) is 0 Å². The van der Waals surface area contributed by atoms with Crippen LogP contribution in [0.2, 0.25) is 0 Å². The Morgan fingerprint density at radius 3 is 1.87 bits per heavy atom. The minimum absolute atomic E-state index is 0.208. The van der Waals surface area contributed by atoms with Gasteiger partial charge in [-0.05, 0) is 0 Å². The molecule has 0 spiro atoms. The van der Waals surface area contributed by atoms with E-state index in [2.05, 4.69) is 17.9 Å². The Hall–Kier alpha value is -2.34. The Labute approximate surface area is 136 Å². The van der Waals surface area contributed by atoms with Gasteiger partial charge >= 0.3 is 11.9 Å². The van der Waals surface area contributed by atoms with Crippen LogP contribution in [0.25, 0.3) is 0 Å². The average molecular weight is 350 g/mol. The third kappa shape index (κ3) is 8.01. The summed E-state index contributed by atoms with van der Waals surface area (Å²) in [5.74, 6) is -5.80. The first-order chi connectivity index (χ1) is 10.6. The lowest BCUT2D eigenvalue weighted by Crippen LogP contribution is -2.55. The molecule has 0 heterocycles. The summed E-state index contributed by atoms with van der Waals surface area (Å²) < 4.78 is 0. The molecule has 0 aromatic heterocycles.